The number of hydrogen-bond donors (Lipinski definition) is 1. The van der Waals surface area contributed by atoms with Crippen LogP contribution in [0.1, 0.15) is 48.0 Å². The van der Waals surface area contributed by atoms with Gasteiger partial charge in [0.15, 0.2) is 0 Å². The van der Waals surface area contributed by atoms with Gasteiger partial charge in [-0.2, -0.15) is 5.26 Å². The van der Waals surface area contributed by atoms with E-state index in [2.05, 4.69) is 11.4 Å². The third kappa shape index (κ3) is 4.80. The number of fused-ring (bicyclic) bond motifs is 1. The molecule has 0 bridgehead atoms. The number of carbonyl (C=O) groups is 2. The smallest absolute Gasteiger partial charge is 0.341 e. The van der Waals surface area contributed by atoms with E-state index >= 15 is 0 Å². The molecule has 6 nitrogen and oxygen atoms in total. The fraction of sp³-hybridized carbons (Fsp3) is 0.611. The molecular formula is C18H25N3O3S. The first-order valence-corrected chi connectivity index (χ1v) is 9.55. The van der Waals surface area contributed by atoms with Crippen LogP contribution in [0, 0.1) is 17.2 Å². The van der Waals surface area contributed by atoms with E-state index in [0.717, 1.165) is 24.8 Å². The van der Waals surface area contributed by atoms with Gasteiger partial charge in [-0.05, 0) is 45.2 Å². The first-order valence-electron chi connectivity index (χ1n) is 8.73. The zero-order valence-corrected chi connectivity index (χ0v) is 15.9. The van der Waals surface area contributed by atoms with Gasteiger partial charge in [0.25, 0.3) is 0 Å². The second-order valence-corrected chi connectivity index (χ2v) is 7.29. The van der Waals surface area contributed by atoms with Crippen LogP contribution in [0.4, 0.5) is 5.00 Å². The van der Waals surface area contributed by atoms with Crippen LogP contribution in [-0.2, 0) is 22.4 Å². The number of anilines is 1. The van der Waals surface area contributed by atoms with Gasteiger partial charge in [-0.1, -0.05) is 6.92 Å². The summed E-state index contributed by atoms with van der Waals surface area (Å²) in [5.74, 6) is -0.659. The van der Waals surface area contributed by atoms with Gasteiger partial charge in [-0.3, -0.25) is 9.69 Å². The quantitative estimate of drug-likeness (QED) is 0.718. The minimum Gasteiger partial charge on any atom is -0.462 e. The highest BCUT2D eigenvalue weighted by atomic mass is 32.1. The number of nitriles is 1. The molecule has 0 spiro atoms. The van der Waals surface area contributed by atoms with E-state index in [1.807, 2.05) is 18.7 Å². The number of likely N-dealkylation sites (N-methyl/N-ethyl adjacent to an activating group) is 1. The van der Waals surface area contributed by atoms with Gasteiger partial charge in [-0.15, -0.1) is 11.3 Å². The molecule has 136 valence electrons. The molecule has 2 rings (SSSR count). The lowest BCUT2D eigenvalue weighted by molar-refractivity contribution is -0.117. The Morgan fingerprint density at radius 1 is 1.40 bits per heavy atom. The minimum atomic E-state index is -0.359. The molecule has 1 aliphatic carbocycles. The van der Waals surface area contributed by atoms with Crippen molar-refractivity contribution in [1.29, 1.82) is 5.26 Å². The molecule has 1 aromatic rings. The van der Waals surface area contributed by atoms with Crippen LogP contribution in [0.2, 0.25) is 0 Å². The Hall–Kier alpha value is -1.91. The molecule has 1 N–H and O–H groups in total. The van der Waals surface area contributed by atoms with Gasteiger partial charge in [0.2, 0.25) is 5.91 Å². The summed E-state index contributed by atoms with van der Waals surface area (Å²) >= 11 is 1.48. The minimum absolute atomic E-state index is 0.131. The Labute approximate surface area is 152 Å². The van der Waals surface area contributed by atoms with Gasteiger partial charge >= 0.3 is 5.97 Å². The zero-order valence-electron chi connectivity index (χ0n) is 15.1. The Balaban J connectivity index is 2.10. The predicted octanol–water partition coefficient (Wildman–Crippen LogP) is 2.83. The molecule has 0 saturated heterocycles. The second-order valence-electron chi connectivity index (χ2n) is 6.19. The summed E-state index contributed by atoms with van der Waals surface area (Å²) in [7, 11) is 0. The highest BCUT2D eigenvalue weighted by molar-refractivity contribution is 7.17. The highest BCUT2D eigenvalue weighted by Crippen LogP contribution is 2.39. The molecule has 1 heterocycles. The molecule has 0 aromatic carbocycles. The fourth-order valence-corrected chi connectivity index (χ4v) is 4.31. The summed E-state index contributed by atoms with van der Waals surface area (Å²) in [5.41, 5.74) is 1.56. The Bertz CT molecular complexity index is 678. The maximum Gasteiger partial charge on any atom is 0.341 e. The lowest BCUT2D eigenvalue weighted by Gasteiger charge is -2.20. The number of rotatable bonds is 8. The Kier molecular flexibility index (Phi) is 6.97. The number of nitrogens with one attached hydrogen (secondary N) is 1. The molecule has 25 heavy (non-hydrogen) atoms. The fourth-order valence-electron chi connectivity index (χ4n) is 3.01. The van der Waals surface area contributed by atoms with Crippen molar-refractivity contribution in [3.05, 3.63) is 16.0 Å². The zero-order chi connectivity index (χ0) is 18.4. The lowest BCUT2D eigenvalue weighted by Crippen LogP contribution is -2.35. The van der Waals surface area contributed by atoms with E-state index in [1.165, 1.54) is 16.2 Å². The van der Waals surface area contributed by atoms with Crippen LogP contribution in [0.3, 0.4) is 0 Å². The van der Waals surface area contributed by atoms with E-state index in [0.29, 0.717) is 30.3 Å². The number of ether oxygens (including phenoxy) is 1. The SMILES string of the molecule is CCOC(=O)c1c(NC(=O)CN(CC)CC(C)C#N)sc2c1CCC2. The number of thiophene rings is 1. The first kappa shape index (κ1) is 19.4. The van der Waals surface area contributed by atoms with Crippen LogP contribution in [0.5, 0.6) is 0 Å². The maximum atomic E-state index is 12.4. The predicted molar refractivity (Wildman–Crippen MR) is 97.8 cm³/mol. The molecule has 1 atom stereocenters. The average Bonchev–Trinajstić information content (AvgIpc) is 3.14. The number of aryl methyl sites for hydroxylation is 1. The van der Waals surface area contributed by atoms with Crippen LogP contribution >= 0.6 is 11.3 Å². The summed E-state index contributed by atoms with van der Waals surface area (Å²) in [6.45, 7) is 7.32. The normalized spacial score (nSPS) is 14.0. The van der Waals surface area contributed by atoms with Crippen LogP contribution in [-0.4, -0.2) is 43.0 Å². The maximum absolute atomic E-state index is 12.4. The van der Waals surface area contributed by atoms with Crippen molar-refractivity contribution < 1.29 is 14.3 Å². The molecule has 0 aliphatic heterocycles. The lowest BCUT2D eigenvalue weighted by atomic mass is 10.1. The third-order valence-electron chi connectivity index (χ3n) is 4.22. The molecular weight excluding hydrogens is 338 g/mol. The van der Waals surface area contributed by atoms with Crippen LogP contribution < -0.4 is 5.32 Å². The van der Waals surface area contributed by atoms with E-state index in [-0.39, 0.29) is 24.3 Å². The van der Waals surface area contributed by atoms with Gasteiger partial charge in [0.1, 0.15) is 5.00 Å². The van der Waals surface area contributed by atoms with Crippen molar-refractivity contribution in [2.45, 2.75) is 40.0 Å². The van der Waals surface area contributed by atoms with E-state index in [9.17, 15) is 9.59 Å². The van der Waals surface area contributed by atoms with E-state index < -0.39 is 0 Å². The van der Waals surface area contributed by atoms with Crippen LogP contribution in [0.25, 0.3) is 0 Å². The summed E-state index contributed by atoms with van der Waals surface area (Å²) < 4.78 is 5.17. The van der Waals surface area contributed by atoms with Crippen molar-refractivity contribution >= 4 is 28.2 Å². The van der Waals surface area contributed by atoms with Crippen LogP contribution in [0.15, 0.2) is 0 Å². The number of carbonyl (C=O) groups excluding carboxylic acids is 2. The van der Waals surface area contributed by atoms with Gasteiger partial charge in [0.05, 0.1) is 30.7 Å². The number of amides is 1. The van der Waals surface area contributed by atoms with E-state index in [4.69, 9.17) is 10.00 Å². The van der Waals surface area contributed by atoms with Crippen molar-refractivity contribution in [3.8, 4) is 6.07 Å². The van der Waals surface area contributed by atoms with Crippen molar-refractivity contribution in [1.82, 2.24) is 4.90 Å². The second kappa shape index (κ2) is 8.97. The van der Waals surface area contributed by atoms with Gasteiger partial charge < -0.3 is 10.1 Å². The van der Waals surface area contributed by atoms with Crippen molar-refractivity contribution in [2.75, 3.05) is 31.6 Å². The summed E-state index contributed by atoms with van der Waals surface area (Å²) in [6, 6.07) is 2.18. The Morgan fingerprint density at radius 2 is 2.16 bits per heavy atom. The number of nitrogens with zero attached hydrogens (tertiary/aromatic N) is 2. The Morgan fingerprint density at radius 3 is 2.80 bits per heavy atom. The summed E-state index contributed by atoms with van der Waals surface area (Å²) in [6.07, 6.45) is 2.84. The molecule has 0 radical (unpaired) electrons. The van der Waals surface area contributed by atoms with Crippen molar-refractivity contribution in [3.63, 3.8) is 0 Å². The first-order chi connectivity index (χ1) is 12.0. The monoisotopic (exact) mass is 363 g/mol. The van der Waals surface area contributed by atoms with E-state index in [1.54, 1.807) is 6.92 Å². The number of hydrogen-bond acceptors (Lipinski definition) is 6. The molecule has 1 amide bonds. The number of esters is 1. The largest absolute Gasteiger partial charge is 0.462 e. The molecule has 1 unspecified atom stereocenters. The topological polar surface area (TPSA) is 82.4 Å². The highest BCUT2D eigenvalue weighted by Gasteiger charge is 2.28. The molecule has 1 aromatic heterocycles. The summed E-state index contributed by atoms with van der Waals surface area (Å²) in [4.78, 5) is 27.8. The van der Waals surface area contributed by atoms with Gasteiger partial charge in [-0.25, -0.2) is 4.79 Å². The molecule has 0 fully saturated rings. The summed E-state index contributed by atoms with van der Waals surface area (Å²) in [5, 5.41) is 12.4. The average molecular weight is 363 g/mol. The standard InChI is InChI=1S/C18H25N3O3S/c1-4-21(10-12(3)9-19)11-15(22)20-17-16(18(23)24-5-2)13-7-6-8-14(13)25-17/h12H,4-8,10-11H2,1-3H3,(H,20,22). The van der Waals surface area contributed by atoms with Gasteiger partial charge in [0, 0.05) is 11.4 Å². The molecule has 1 aliphatic rings. The van der Waals surface area contributed by atoms with Crippen molar-refractivity contribution in [2.24, 2.45) is 5.92 Å². The molecule has 0 saturated carbocycles. The third-order valence-corrected chi connectivity index (χ3v) is 5.43. The molecule has 7 heteroatoms.